The Balaban J connectivity index is 1.63. The number of halogens is 4. The molecular weight excluding hydrogens is 457 g/mol. The van der Waals surface area contributed by atoms with Crippen LogP contribution >= 0.6 is 22.9 Å². The number of benzene rings is 3. The molecule has 1 heterocycles. The minimum atomic E-state index is -4.46. The summed E-state index contributed by atoms with van der Waals surface area (Å²) in [6.45, 7) is 0.272. The van der Waals surface area contributed by atoms with Gasteiger partial charge in [0.05, 0.1) is 17.8 Å². The van der Waals surface area contributed by atoms with Gasteiger partial charge in [-0.1, -0.05) is 60.1 Å². The summed E-state index contributed by atoms with van der Waals surface area (Å²) in [6.07, 6.45) is -2.24. The fourth-order valence-electron chi connectivity index (χ4n) is 3.16. The average Bonchev–Trinajstić information content (AvgIpc) is 3.19. The predicted molar refractivity (Wildman–Crippen MR) is 122 cm³/mol. The fourth-order valence-corrected chi connectivity index (χ4v) is 4.08. The van der Waals surface area contributed by atoms with Crippen LogP contribution in [0.4, 0.5) is 18.9 Å². The minimum Gasteiger partial charge on any atom is -0.455 e. The largest absolute Gasteiger partial charge is 0.455 e. The van der Waals surface area contributed by atoms with Gasteiger partial charge in [-0.25, -0.2) is 4.98 Å². The van der Waals surface area contributed by atoms with E-state index in [-0.39, 0.29) is 12.2 Å². The smallest absolute Gasteiger partial charge is 0.416 e. The zero-order chi connectivity index (χ0) is 22.6. The van der Waals surface area contributed by atoms with Crippen molar-refractivity contribution in [3.05, 3.63) is 105 Å². The number of rotatable bonds is 7. The molecule has 0 unspecified atom stereocenters. The van der Waals surface area contributed by atoms with E-state index < -0.39 is 11.7 Å². The molecule has 0 amide bonds. The van der Waals surface area contributed by atoms with Crippen molar-refractivity contribution in [3.8, 4) is 11.5 Å². The summed E-state index contributed by atoms with van der Waals surface area (Å²) in [7, 11) is 0. The van der Waals surface area contributed by atoms with Crippen molar-refractivity contribution < 1.29 is 17.9 Å². The van der Waals surface area contributed by atoms with Crippen LogP contribution in [-0.2, 0) is 19.1 Å². The molecule has 4 aromatic rings. The van der Waals surface area contributed by atoms with Crippen molar-refractivity contribution in [1.82, 2.24) is 4.98 Å². The van der Waals surface area contributed by atoms with Crippen molar-refractivity contribution in [2.75, 3.05) is 5.32 Å². The van der Waals surface area contributed by atoms with Crippen LogP contribution in [0.5, 0.6) is 11.5 Å². The van der Waals surface area contributed by atoms with Gasteiger partial charge in [0.2, 0.25) is 0 Å². The summed E-state index contributed by atoms with van der Waals surface area (Å²) < 4.78 is 46.4. The van der Waals surface area contributed by atoms with Gasteiger partial charge >= 0.3 is 6.18 Å². The predicted octanol–water partition coefficient (Wildman–Crippen LogP) is 7.81. The van der Waals surface area contributed by atoms with Gasteiger partial charge in [-0.05, 0) is 35.4 Å². The molecule has 0 saturated heterocycles. The number of nitrogens with one attached hydrogen (secondary N) is 1. The van der Waals surface area contributed by atoms with E-state index in [1.54, 1.807) is 6.20 Å². The first-order chi connectivity index (χ1) is 15.4. The molecule has 8 heteroatoms. The summed E-state index contributed by atoms with van der Waals surface area (Å²) in [5, 5.41) is 3.03. The Morgan fingerprint density at radius 3 is 2.41 bits per heavy atom. The molecule has 0 aliphatic heterocycles. The third kappa shape index (κ3) is 5.60. The van der Waals surface area contributed by atoms with Crippen LogP contribution in [0.1, 0.15) is 21.6 Å². The fraction of sp³-hybridized carbons (Fsp3) is 0.125. The van der Waals surface area contributed by atoms with Gasteiger partial charge < -0.3 is 10.1 Å². The van der Waals surface area contributed by atoms with Crippen molar-refractivity contribution in [3.63, 3.8) is 0 Å². The number of nitrogens with zero attached hydrogens (tertiary/aromatic N) is 1. The van der Waals surface area contributed by atoms with E-state index in [2.05, 4.69) is 10.3 Å². The van der Waals surface area contributed by atoms with Crippen molar-refractivity contribution in [2.24, 2.45) is 0 Å². The van der Waals surface area contributed by atoms with Crippen molar-refractivity contribution in [1.29, 1.82) is 0 Å². The molecule has 3 nitrogen and oxygen atoms in total. The number of alkyl halides is 3. The highest BCUT2D eigenvalue weighted by Gasteiger charge is 2.31. The highest BCUT2D eigenvalue weighted by molar-refractivity contribution is 7.15. The molecule has 0 aliphatic rings. The Morgan fingerprint density at radius 1 is 0.938 bits per heavy atom. The third-order valence-electron chi connectivity index (χ3n) is 4.72. The second kappa shape index (κ2) is 9.63. The third-order valence-corrected chi connectivity index (χ3v) is 5.83. The highest BCUT2D eigenvalue weighted by atomic mass is 35.5. The van der Waals surface area contributed by atoms with Crippen LogP contribution in [0.15, 0.2) is 79.0 Å². The number of aromatic nitrogens is 1. The Bertz CT molecular complexity index is 1200. The van der Waals surface area contributed by atoms with Gasteiger partial charge in [0, 0.05) is 17.5 Å². The molecule has 0 aliphatic carbocycles. The Kier molecular flexibility index (Phi) is 6.67. The highest BCUT2D eigenvalue weighted by Crippen LogP contribution is 2.38. The lowest BCUT2D eigenvalue weighted by Crippen LogP contribution is -2.07. The van der Waals surface area contributed by atoms with Crippen LogP contribution in [0.2, 0.25) is 4.47 Å². The first kappa shape index (κ1) is 22.2. The number of anilines is 1. The maximum absolute atomic E-state index is 13.3. The van der Waals surface area contributed by atoms with E-state index in [0.717, 1.165) is 28.1 Å². The Hall–Kier alpha value is -3.03. The molecule has 0 radical (unpaired) electrons. The first-order valence-electron chi connectivity index (χ1n) is 9.73. The number of thiazole rings is 1. The second-order valence-corrected chi connectivity index (χ2v) is 8.71. The molecule has 0 spiro atoms. The quantitative estimate of drug-likeness (QED) is 0.296. The SMILES string of the molecule is FC(F)(F)c1ccc(Oc2ccccc2Cc2ccccc2)c(NCc2cnc(Cl)s2)c1. The number of ether oxygens (including phenoxy) is 1. The first-order valence-corrected chi connectivity index (χ1v) is 10.9. The summed E-state index contributed by atoms with van der Waals surface area (Å²) in [5.41, 5.74) is 1.52. The monoisotopic (exact) mass is 474 g/mol. The molecule has 4 rings (SSSR count). The van der Waals surface area contributed by atoms with Crippen LogP contribution in [0.25, 0.3) is 0 Å². The van der Waals surface area contributed by atoms with Crippen LogP contribution in [-0.4, -0.2) is 4.98 Å². The number of hydrogen-bond acceptors (Lipinski definition) is 4. The van der Waals surface area contributed by atoms with Gasteiger partial charge in [0.15, 0.2) is 10.2 Å². The molecule has 1 aromatic heterocycles. The molecule has 1 N–H and O–H groups in total. The molecule has 0 fully saturated rings. The lowest BCUT2D eigenvalue weighted by Gasteiger charge is -2.17. The molecular formula is C24H18ClF3N2OS. The number of hydrogen-bond donors (Lipinski definition) is 1. The van der Waals surface area contributed by atoms with E-state index in [4.69, 9.17) is 16.3 Å². The maximum atomic E-state index is 13.3. The second-order valence-electron chi connectivity index (χ2n) is 7.01. The van der Waals surface area contributed by atoms with Gasteiger partial charge in [0.25, 0.3) is 0 Å². The van der Waals surface area contributed by atoms with Crippen molar-refractivity contribution in [2.45, 2.75) is 19.1 Å². The van der Waals surface area contributed by atoms with Gasteiger partial charge in [0.1, 0.15) is 5.75 Å². The molecule has 3 aromatic carbocycles. The summed E-state index contributed by atoms with van der Waals surface area (Å²) >= 11 is 7.11. The standard InChI is InChI=1S/C24H18ClF3N2OS/c25-23-30-15-19(32-23)14-29-20-13-18(24(26,27)28)10-11-22(20)31-21-9-5-4-8-17(21)12-16-6-2-1-3-7-16/h1-11,13,15,29H,12,14H2. The molecule has 0 bridgehead atoms. The van der Waals surface area contributed by atoms with Gasteiger partial charge in [-0.3, -0.25) is 0 Å². The average molecular weight is 475 g/mol. The maximum Gasteiger partial charge on any atom is 0.416 e. The van der Waals surface area contributed by atoms with E-state index >= 15 is 0 Å². The Morgan fingerprint density at radius 2 is 1.69 bits per heavy atom. The molecule has 164 valence electrons. The van der Waals surface area contributed by atoms with Crippen LogP contribution < -0.4 is 10.1 Å². The minimum absolute atomic E-state index is 0.235. The molecule has 32 heavy (non-hydrogen) atoms. The molecule has 0 saturated carbocycles. The van der Waals surface area contributed by atoms with E-state index in [9.17, 15) is 13.2 Å². The van der Waals surface area contributed by atoms with E-state index in [1.165, 1.54) is 17.4 Å². The van der Waals surface area contributed by atoms with Gasteiger partial charge in [-0.15, -0.1) is 11.3 Å². The summed E-state index contributed by atoms with van der Waals surface area (Å²) in [4.78, 5) is 4.75. The zero-order valence-electron chi connectivity index (χ0n) is 16.7. The van der Waals surface area contributed by atoms with Crippen LogP contribution in [0.3, 0.4) is 0 Å². The summed E-state index contributed by atoms with van der Waals surface area (Å²) in [6, 6.07) is 20.8. The molecule has 0 atom stereocenters. The van der Waals surface area contributed by atoms with Crippen LogP contribution in [0, 0.1) is 0 Å². The lowest BCUT2D eigenvalue weighted by atomic mass is 10.0. The summed E-state index contributed by atoms with van der Waals surface area (Å²) in [5.74, 6) is 0.883. The normalized spacial score (nSPS) is 11.4. The topological polar surface area (TPSA) is 34.1 Å². The zero-order valence-corrected chi connectivity index (χ0v) is 18.3. The van der Waals surface area contributed by atoms with Gasteiger partial charge in [-0.2, -0.15) is 13.2 Å². The lowest BCUT2D eigenvalue weighted by molar-refractivity contribution is -0.137. The van der Waals surface area contributed by atoms with E-state index in [1.807, 2.05) is 54.6 Å². The van der Waals surface area contributed by atoms with E-state index in [0.29, 0.717) is 22.4 Å². The number of para-hydroxylation sites is 1. The Labute approximate surface area is 192 Å². The van der Waals surface area contributed by atoms with Crippen molar-refractivity contribution >= 4 is 28.6 Å².